The zero-order valence-electron chi connectivity index (χ0n) is 10.2. The first-order valence-corrected chi connectivity index (χ1v) is 5.46. The third-order valence-electron chi connectivity index (χ3n) is 2.74. The molecule has 2 aromatic rings. The Balaban J connectivity index is 2.39. The van der Waals surface area contributed by atoms with Crippen LogP contribution < -0.4 is 4.74 Å². The summed E-state index contributed by atoms with van der Waals surface area (Å²) in [4.78, 5) is 15.0. The molecule has 2 rings (SSSR count). The fraction of sp³-hybridized carbons (Fsp3) is 0.143. The summed E-state index contributed by atoms with van der Waals surface area (Å²) in [7, 11) is 1.56. The van der Waals surface area contributed by atoms with E-state index in [0.717, 1.165) is 16.7 Å². The number of aromatic carboxylic acids is 1. The van der Waals surface area contributed by atoms with Gasteiger partial charge in [0.1, 0.15) is 0 Å². The lowest BCUT2D eigenvalue weighted by Gasteiger charge is -2.06. The van der Waals surface area contributed by atoms with E-state index < -0.39 is 5.97 Å². The molecule has 1 aromatic heterocycles. The Bertz CT molecular complexity index is 576. The first-order chi connectivity index (χ1) is 8.61. The van der Waals surface area contributed by atoms with Gasteiger partial charge in [0.15, 0.2) is 0 Å². The summed E-state index contributed by atoms with van der Waals surface area (Å²) < 4.78 is 4.99. The molecular weight excluding hydrogens is 230 g/mol. The number of rotatable bonds is 3. The summed E-state index contributed by atoms with van der Waals surface area (Å²) >= 11 is 0. The largest absolute Gasteiger partial charge is 0.481 e. The van der Waals surface area contributed by atoms with E-state index in [4.69, 9.17) is 9.84 Å². The molecule has 4 heteroatoms. The van der Waals surface area contributed by atoms with Gasteiger partial charge in [0, 0.05) is 17.8 Å². The summed E-state index contributed by atoms with van der Waals surface area (Å²) in [5.41, 5.74) is 2.92. The van der Waals surface area contributed by atoms with Crippen LogP contribution in [0.2, 0.25) is 0 Å². The van der Waals surface area contributed by atoms with E-state index in [0.29, 0.717) is 11.4 Å². The standard InChI is InChI=1S/C14H13NO3/c1-9-7-10(3-5-12(9)14(16)17)11-4-6-13(18-2)15-8-11/h3-8H,1-2H3,(H,16,17). The predicted octanol–water partition coefficient (Wildman–Crippen LogP) is 2.76. The smallest absolute Gasteiger partial charge is 0.335 e. The van der Waals surface area contributed by atoms with Crippen molar-refractivity contribution in [1.29, 1.82) is 0 Å². The molecule has 4 nitrogen and oxygen atoms in total. The molecule has 1 N–H and O–H groups in total. The molecule has 1 heterocycles. The third-order valence-corrected chi connectivity index (χ3v) is 2.74. The molecule has 18 heavy (non-hydrogen) atoms. The Morgan fingerprint density at radius 1 is 1.22 bits per heavy atom. The topological polar surface area (TPSA) is 59.4 Å². The van der Waals surface area contributed by atoms with Crippen molar-refractivity contribution < 1.29 is 14.6 Å². The molecule has 0 fully saturated rings. The predicted molar refractivity (Wildman–Crippen MR) is 67.9 cm³/mol. The van der Waals surface area contributed by atoms with Crippen molar-refractivity contribution in [3.8, 4) is 17.0 Å². The molecule has 1 aromatic carbocycles. The van der Waals surface area contributed by atoms with E-state index in [9.17, 15) is 4.79 Å². The second kappa shape index (κ2) is 4.87. The molecule has 0 aliphatic carbocycles. The van der Waals surface area contributed by atoms with E-state index in [1.54, 1.807) is 38.4 Å². The lowest BCUT2D eigenvalue weighted by molar-refractivity contribution is 0.0696. The number of pyridine rings is 1. The molecule has 0 unspecified atom stereocenters. The number of carboxylic acids is 1. The Morgan fingerprint density at radius 2 is 1.94 bits per heavy atom. The van der Waals surface area contributed by atoms with Gasteiger partial charge in [-0.3, -0.25) is 0 Å². The van der Waals surface area contributed by atoms with E-state index in [1.165, 1.54) is 0 Å². The molecule has 0 bridgehead atoms. The summed E-state index contributed by atoms with van der Waals surface area (Å²) in [5.74, 6) is -0.357. The van der Waals surface area contributed by atoms with Crippen molar-refractivity contribution in [3.05, 3.63) is 47.7 Å². The van der Waals surface area contributed by atoms with Gasteiger partial charge in [-0.25, -0.2) is 9.78 Å². The van der Waals surface area contributed by atoms with Crippen LogP contribution in [0.1, 0.15) is 15.9 Å². The first-order valence-electron chi connectivity index (χ1n) is 5.46. The van der Waals surface area contributed by atoms with Crippen LogP contribution >= 0.6 is 0 Å². The first kappa shape index (κ1) is 12.1. The zero-order valence-corrected chi connectivity index (χ0v) is 10.2. The van der Waals surface area contributed by atoms with Crippen molar-refractivity contribution in [1.82, 2.24) is 4.98 Å². The number of hydrogen-bond donors (Lipinski definition) is 1. The highest BCUT2D eigenvalue weighted by molar-refractivity contribution is 5.90. The Kier molecular flexibility index (Phi) is 3.28. The van der Waals surface area contributed by atoms with Gasteiger partial charge in [-0.2, -0.15) is 0 Å². The summed E-state index contributed by atoms with van der Waals surface area (Å²) in [5, 5.41) is 8.97. The minimum absolute atomic E-state index is 0.320. The Labute approximate surface area is 105 Å². The molecule has 0 atom stereocenters. The van der Waals surface area contributed by atoms with Gasteiger partial charge in [-0.05, 0) is 30.2 Å². The van der Waals surface area contributed by atoms with Gasteiger partial charge in [0.05, 0.1) is 12.7 Å². The average Bonchev–Trinajstić information content (AvgIpc) is 2.38. The van der Waals surface area contributed by atoms with Gasteiger partial charge >= 0.3 is 5.97 Å². The summed E-state index contributed by atoms with van der Waals surface area (Å²) in [6, 6.07) is 8.89. The van der Waals surface area contributed by atoms with Crippen molar-refractivity contribution in [3.63, 3.8) is 0 Å². The van der Waals surface area contributed by atoms with Gasteiger partial charge in [-0.1, -0.05) is 12.1 Å². The Morgan fingerprint density at radius 3 is 2.44 bits per heavy atom. The average molecular weight is 243 g/mol. The fourth-order valence-corrected chi connectivity index (χ4v) is 1.75. The third kappa shape index (κ3) is 2.32. The van der Waals surface area contributed by atoms with E-state index in [1.807, 2.05) is 12.1 Å². The van der Waals surface area contributed by atoms with Gasteiger partial charge in [0.2, 0.25) is 5.88 Å². The van der Waals surface area contributed by atoms with Crippen LogP contribution in [0.4, 0.5) is 0 Å². The lowest BCUT2D eigenvalue weighted by Crippen LogP contribution is -1.99. The van der Waals surface area contributed by atoms with Crippen LogP contribution in [-0.2, 0) is 0 Å². The van der Waals surface area contributed by atoms with Crippen LogP contribution in [0, 0.1) is 6.92 Å². The number of aryl methyl sites for hydroxylation is 1. The number of aromatic nitrogens is 1. The highest BCUT2D eigenvalue weighted by atomic mass is 16.5. The maximum Gasteiger partial charge on any atom is 0.335 e. The molecular formula is C14H13NO3. The van der Waals surface area contributed by atoms with Crippen LogP contribution in [0.5, 0.6) is 5.88 Å². The SMILES string of the molecule is COc1ccc(-c2ccc(C(=O)O)c(C)c2)cn1. The van der Waals surface area contributed by atoms with Crippen LogP contribution in [0.15, 0.2) is 36.5 Å². The Hall–Kier alpha value is -2.36. The quantitative estimate of drug-likeness (QED) is 0.900. The van der Waals surface area contributed by atoms with Crippen LogP contribution in [0.25, 0.3) is 11.1 Å². The van der Waals surface area contributed by atoms with E-state index in [-0.39, 0.29) is 0 Å². The number of carbonyl (C=O) groups is 1. The number of ether oxygens (including phenoxy) is 1. The van der Waals surface area contributed by atoms with E-state index in [2.05, 4.69) is 4.98 Å². The summed E-state index contributed by atoms with van der Waals surface area (Å²) in [6.45, 7) is 1.78. The minimum atomic E-state index is -0.910. The molecule has 92 valence electrons. The highest BCUT2D eigenvalue weighted by Crippen LogP contribution is 2.23. The van der Waals surface area contributed by atoms with E-state index >= 15 is 0 Å². The van der Waals surface area contributed by atoms with Crippen LogP contribution in [-0.4, -0.2) is 23.2 Å². The lowest BCUT2D eigenvalue weighted by atomic mass is 10.0. The number of benzene rings is 1. The molecule has 0 saturated heterocycles. The van der Waals surface area contributed by atoms with Crippen molar-refractivity contribution >= 4 is 5.97 Å². The maximum absolute atomic E-state index is 10.9. The molecule has 0 spiro atoms. The van der Waals surface area contributed by atoms with Gasteiger partial charge in [-0.15, -0.1) is 0 Å². The number of hydrogen-bond acceptors (Lipinski definition) is 3. The minimum Gasteiger partial charge on any atom is -0.481 e. The maximum atomic E-state index is 10.9. The van der Waals surface area contributed by atoms with Crippen molar-refractivity contribution in [2.24, 2.45) is 0 Å². The number of methoxy groups -OCH3 is 1. The van der Waals surface area contributed by atoms with Crippen LogP contribution in [0.3, 0.4) is 0 Å². The zero-order chi connectivity index (χ0) is 13.1. The number of nitrogens with zero attached hydrogens (tertiary/aromatic N) is 1. The summed E-state index contributed by atoms with van der Waals surface area (Å²) in [6.07, 6.45) is 1.70. The second-order valence-corrected chi connectivity index (χ2v) is 3.92. The van der Waals surface area contributed by atoms with Gasteiger partial charge in [0.25, 0.3) is 0 Å². The second-order valence-electron chi connectivity index (χ2n) is 3.92. The molecule has 0 aliphatic rings. The normalized spacial score (nSPS) is 10.1. The van der Waals surface area contributed by atoms with Crippen molar-refractivity contribution in [2.45, 2.75) is 6.92 Å². The number of carboxylic acid groups (broad SMARTS) is 1. The molecule has 0 radical (unpaired) electrons. The van der Waals surface area contributed by atoms with Crippen molar-refractivity contribution in [2.75, 3.05) is 7.11 Å². The molecule has 0 amide bonds. The van der Waals surface area contributed by atoms with Gasteiger partial charge < -0.3 is 9.84 Å². The molecule has 0 saturated carbocycles. The molecule has 0 aliphatic heterocycles. The fourth-order valence-electron chi connectivity index (χ4n) is 1.75. The monoisotopic (exact) mass is 243 g/mol. The highest BCUT2D eigenvalue weighted by Gasteiger charge is 2.08.